The molecule has 1 aliphatic rings. The van der Waals surface area contributed by atoms with E-state index in [1.807, 2.05) is 59.5 Å². The van der Waals surface area contributed by atoms with Gasteiger partial charge in [-0.05, 0) is 29.8 Å². The second-order valence-electron chi connectivity index (χ2n) is 7.17. The van der Waals surface area contributed by atoms with Gasteiger partial charge in [0.15, 0.2) is 0 Å². The fraction of sp³-hybridized carbons (Fsp3) is 0.409. The molecule has 2 aromatic carbocycles. The number of nitrogens with zero attached hydrogens (tertiary/aromatic N) is 1. The minimum atomic E-state index is -0.534. The summed E-state index contributed by atoms with van der Waals surface area (Å²) in [5.74, 6) is 1.62. The number of hydrogen-bond acceptors (Lipinski definition) is 4. The Morgan fingerprint density at radius 3 is 2.25 bits per heavy atom. The lowest BCUT2D eigenvalue weighted by atomic mass is 10.2. The fourth-order valence-electron chi connectivity index (χ4n) is 3.30. The van der Waals surface area contributed by atoms with E-state index in [-0.39, 0.29) is 12.5 Å². The Balaban J connectivity index is 1.37. The smallest absolute Gasteiger partial charge is 0.219 e. The zero-order valence-corrected chi connectivity index (χ0v) is 16.3. The summed E-state index contributed by atoms with van der Waals surface area (Å²) in [6.07, 6.45) is -0.534. The summed E-state index contributed by atoms with van der Waals surface area (Å²) in [5.41, 5.74) is 1.12. The fourth-order valence-corrected chi connectivity index (χ4v) is 3.30. The molecular weight excluding hydrogens is 356 g/mol. The maximum absolute atomic E-state index is 11.4. The average Bonchev–Trinajstić information content (AvgIpc) is 2.72. The molecule has 0 saturated carbocycles. The summed E-state index contributed by atoms with van der Waals surface area (Å²) >= 11 is 0. The molecule has 0 radical (unpaired) electrons. The van der Waals surface area contributed by atoms with Gasteiger partial charge in [0.05, 0.1) is 26.2 Å². The number of ether oxygens (including phenoxy) is 2. The lowest BCUT2D eigenvalue weighted by Crippen LogP contribution is -3.15. The number of amides is 1. The maximum atomic E-state index is 11.4. The van der Waals surface area contributed by atoms with Crippen LogP contribution in [0.4, 0.5) is 0 Å². The minimum Gasteiger partial charge on any atom is -0.491 e. The number of rotatable bonds is 8. The van der Waals surface area contributed by atoms with E-state index < -0.39 is 6.10 Å². The van der Waals surface area contributed by atoms with Crippen LogP contribution in [0.2, 0.25) is 0 Å². The first-order chi connectivity index (χ1) is 13.6. The van der Waals surface area contributed by atoms with Crippen LogP contribution < -0.4 is 14.4 Å². The monoisotopic (exact) mass is 385 g/mol. The molecule has 28 heavy (non-hydrogen) atoms. The third kappa shape index (κ3) is 6.25. The highest BCUT2D eigenvalue weighted by Gasteiger charge is 2.23. The molecule has 1 atom stereocenters. The van der Waals surface area contributed by atoms with Crippen molar-refractivity contribution < 1.29 is 24.3 Å². The zero-order chi connectivity index (χ0) is 19.8. The number of piperazine rings is 1. The third-order valence-electron chi connectivity index (χ3n) is 4.95. The van der Waals surface area contributed by atoms with E-state index in [0.29, 0.717) is 18.9 Å². The number of benzene rings is 2. The van der Waals surface area contributed by atoms with Gasteiger partial charge in [-0.15, -0.1) is 0 Å². The predicted octanol–water partition coefficient (Wildman–Crippen LogP) is 0.752. The van der Waals surface area contributed by atoms with E-state index in [0.717, 1.165) is 37.5 Å². The molecule has 1 saturated heterocycles. The third-order valence-corrected chi connectivity index (χ3v) is 4.95. The van der Waals surface area contributed by atoms with Crippen LogP contribution in [0, 0.1) is 0 Å². The van der Waals surface area contributed by atoms with Gasteiger partial charge in [0.2, 0.25) is 5.91 Å². The van der Waals surface area contributed by atoms with Crippen molar-refractivity contribution in [1.82, 2.24) is 4.90 Å². The SMILES string of the molecule is CC(=O)N1CC[NH+](C[C@@H](O)COc2ccc(OCc3ccccc3)cc2)CC1. The van der Waals surface area contributed by atoms with Gasteiger partial charge in [-0.3, -0.25) is 4.79 Å². The summed E-state index contributed by atoms with van der Waals surface area (Å²) in [4.78, 5) is 14.5. The topological polar surface area (TPSA) is 63.4 Å². The Morgan fingerprint density at radius 1 is 1.04 bits per heavy atom. The number of carbonyl (C=O) groups excluding carboxylic acids is 1. The number of carbonyl (C=O) groups is 1. The maximum Gasteiger partial charge on any atom is 0.219 e. The van der Waals surface area contributed by atoms with Gasteiger partial charge in [-0.25, -0.2) is 0 Å². The van der Waals surface area contributed by atoms with Gasteiger partial charge in [-0.2, -0.15) is 0 Å². The van der Waals surface area contributed by atoms with Gasteiger partial charge in [0.25, 0.3) is 0 Å². The second kappa shape index (κ2) is 10.1. The summed E-state index contributed by atoms with van der Waals surface area (Å²) < 4.78 is 11.5. The molecule has 1 amide bonds. The van der Waals surface area contributed by atoms with Crippen LogP contribution >= 0.6 is 0 Å². The second-order valence-corrected chi connectivity index (χ2v) is 7.17. The van der Waals surface area contributed by atoms with Crippen molar-refractivity contribution in [3.05, 3.63) is 60.2 Å². The van der Waals surface area contributed by atoms with E-state index in [2.05, 4.69) is 0 Å². The highest BCUT2D eigenvalue weighted by molar-refractivity contribution is 5.73. The summed E-state index contributed by atoms with van der Waals surface area (Å²) in [6, 6.07) is 17.5. The quantitative estimate of drug-likeness (QED) is 0.704. The molecule has 2 N–H and O–H groups in total. The van der Waals surface area contributed by atoms with Crippen LogP contribution in [0.3, 0.4) is 0 Å². The van der Waals surface area contributed by atoms with Crippen molar-refractivity contribution in [3.63, 3.8) is 0 Å². The summed E-state index contributed by atoms with van der Waals surface area (Å²) in [7, 11) is 0. The molecule has 6 heteroatoms. The first kappa shape index (κ1) is 20.2. The summed E-state index contributed by atoms with van der Waals surface area (Å²) in [6.45, 7) is 6.25. The van der Waals surface area contributed by atoms with Crippen molar-refractivity contribution in [2.24, 2.45) is 0 Å². The molecule has 2 aromatic rings. The van der Waals surface area contributed by atoms with Crippen molar-refractivity contribution in [2.75, 3.05) is 39.3 Å². The highest BCUT2D eigenvalue weighted by Crippen LogP contribution is 2.18. The molecule has 150 valence electrons. The summed E-state index contributed by atoms with van der Waals surface area (Å²) in [5, 5.41) is 10.3. The van der Waals surface area contributed by atoms with Gasteiger partial charge in [0, 0.05) is 6.92 Å². The van der Waals surface area contributed by atoms with E-state index >= 15 is 0 Å². The van der Waals surface area contributed by atoms with Crippen LogP contribution in [0.15, 0.2) is 54.6 Å². The Morgan fingerprint density at radius 2 is 1.64 bits per heavy atom. The Hall–Kier alpha value is -2.57. The van der Waals surface area contributed by atoms with E-state index in [4.69, 9.17) is 9.47 Å². The molecule has 1 aliphatic heterocycles. The van der Waals surface area contributed by atoms with Crippen LogP contribution in [0.5, 0.6) is 11.5 Å². The van der Waals surface area contributed by atoms with Crippen molar-refractivity contribution in [1.29, 1.82) is 0 Å². The molecule has 0 aromatic heterocycles. The normalized spacial score (nSPS) is 15.9. The zero-order valence-electron chi connectivity index (χ0n) is 16.3. The minimum absolute atomic E-state index is 0.124. The van der Waals surface area contributed by atoms with E-state index in [1.54, 1.807) is 6.92 Å². The van der Waals surface area contributed by atoms with Crippen LogP contribution in [-0.2, 0) is 11.4 Å². The number of hydrogen-bond donors (Lipinski definition) is 2. The first-order valence-electron chi connectivity index (χ1n) is 9.77. The number of aliphatic hydroxyl groups excluding tert-OH is 1. The Kier molecular flexibility index (Phi) is 7.28. The number of quaternary nitrogens is 1. The molecule has 1 heterocycles. The van der Waals surface area contributed by atoms with Crippen LogP contribution in [0.1, 0.15) is 12.5 Å². The molecule has 0 bridgehead atoms. The molecular formula is C22H29N2O4+. The van der Waals surface area contributed by atoms with Crippen LogP contribution in [-0.4, -0.2) is 61.3 Å². The molecule has 0 unspecified atom stereocenters. The Labute approximate surface area is 166 Å². The lowest BCUT2D eigenvalue weighted by Gasteiger charge is -2.32. The van der Waals surface area contributed by atoms with Crippen molar-refractivity contribution >= 4 is 5.91 Å². The van der Waals surface area contributed by atoms with Crippen LogP contribution in [0.25, 0.3) is 0 Å². The van der Waals surface area contributed by atoms with Gasteiger partial charge < -0.3 is 24.4 Å². The number of nitrogens with one attached hydrogen (secondary N) is 1. The average molecular weight is 385 g/mol. The van der Waals surface area contributed by atoms with E-state index in [1.165, 1.54) is 4.90 Å². The predicted molar refractivity (Wildman–Crippen MR) is 107 cm³/mol. The number of aliphatic hydroxyl groups is 1. The lowest BCUT2D eigenvalue weighted by molar-refractivity contribution is -0.907. The standard InChI is InChI=1S/C22H28N2O4/c1-18(25)24-13-11-23(12-14-24)15-20(26)17-28-22-9-7-21(8-10-22)27-16-19-5-3-2-4-6-19/h2-10,20,26H,11-17H2,1H3/p+1/t20-/m1/s1. The molecule has 3 rings (SSSR count). The van der Waals surface area contributed by atoms with Crippen molar-refractivity contribution in [2.45, 2.75) is 19.6 Å². The van der Waals surface area contributed by atoms with Gasteiger partial charge in [0.1, 0.15) is 37.4 Å². The van der Waals surface area contributed by atoms with Gasteiger partial charge in [-0.1, -0.05) is 30.3 Å². The van der Waals surface area contributed by atoms with Crippen molar-refractivity contribution in [3.8, 4) is 11.5 Å². The van der Waals surface area contributed by atoms with E-state index in [9.17, 15) is 9.90 Å². The first-order valence-corrected chi connectivity index (χ1v) is 9.77. The largest absolute Gasteiger partial charge is 0.491 e. The van der Waals surface area contributed by atoms with Gasteiger partial charge >= 0.3 is 0 Å². The molecule has 0 spiro atoms. The Bertz CT molecular complexity index is 728. The highest BCUT2D eigenvalue weighted by atomic mass is 16.5. The molecule has 0 aliphatic carbocycles. The molecule has 1 fully saturated rings. The molecule has 6 nitrogen and oxygen atoms in total.